The molecule has 314 valence electrons. The fourth-order valence-electron chi connectivity index (χ4n) is 13.2. The van der Waals surface area contributed by atoms with Crippen LogP contribution in [0.3, 0.4) is 0 Å². The van der Waals surface area contributed by atoms with Crippen LogP contribution in [-0.4, -0.2) is 4.57 Å². The van der Waals surface area contributed by atoms with E-state index in [1.807, 2.05) is 0 Å². The largest absolute Gasteiger partial charge is 0.310 e. The predicted octanol–water partition coefficient (Wildman–Crippen LogP) is 16.6. The van der Waals surface area contributed by atoms with E-state index in [-0.39, 0.29) is 10.8 Å². The van der Waals surface area contributed by atoms with E-state index < -0.39 is 0 Å². The van der Waals surface area contributed by atoms with E-state index in [4.69, 9.17) is 0 Å². The maximum Gasteiger partial charge on any atom is 0.0541 e. The van der Waals surface area contributed by atoms with Crippen molar-refractivity contribution in [3.8, 4) is 27.9 Å². The first-order valence-electron chi connectivity index (χ1n) is 23.7. The molecule has 8 aromatic carbocycles. The van der Waals surface area contributed by atoms with E-state index >= 15 is 0 Å². The van der Waals surface area contributed by atoms with Crippen molar-refractivity contribution in [1.82, 2.24) is 4.57 Å². The van der Waals surface area contributed by atoms with Crippen molar-refractivity contribution in [2.75, 3.05) is 4.90 Å². The van der Waals surface area contributed by atoms with Crippen molar-refractivity contribution in [3.05, 3.63) is 216 Å². The Morgan fingerprint density at radius 3 is 1.58 bits per heavy atom. The molecule has 0 aliphatic heterocycles. The fraction of sp³-hybridized carbons (Fsp3) is 0.226. The molecule has 2 heteroatoms. The minimum absolute atomic E-state index is 0.0481. The molecule has 0 saturated heterocycles. The number of aromatic nitrogens is 1. The van der Waals surface area contributed by atoms with Gasteiger partial charge in [-0.1, -0.05) is 161 Å². The lowest BCUT2D eigenvalue weighted by atomic mass is 9.42. The first-order chi connectivity index (χ1) is 31.3. The topological polar surface area (TPSA) is 8.17 Å². The Bertz CT molecular complexity index is 3120. The Morgan fingerprint density at radius 2 is 0.906 bits per heavy atom. The number of hydrogen-bond acceptors (Lipinski definition) is 1. The second-order valence-electron chi connectivity index (χ2n) is 20.0. The summed E-state index contributed by atoms with van der Waals surface area (Å²) in [6.07, 6.45) is 5.23. The molecule has 0 atom stereocenters. The number of hydrogen-bond donors (Lipinski definition) is 0. The number of nitrogens with zero attached hydrogens (tertiary/aromatic N) is 2. The van der Waals surface area contributed by atoms with Gasteiger partial charge < -0.3 is 9.47 Å². The Hall–Kier alpha value is -6.64. The van der Waals surface area contributed by atoms with E-state index in [1.165, 1.54) is 92.2 Å². The van der Waals surface area contributed by atoms with Crippen molar-refractivity contribution < 1.29 is 0 Å². The zero-order chi connectivity index (χ0) is 43.2. The molecule has 0 radical (unpaired) electrons. The van der Waals surface area contributed by atoms with E-state index in [2.05, 4.69) is 231 Å². The lowest BCUT2D eigenvalue weighted by molar-refractivity contribution is 0.0233. The molecule has 12 rings (SSSR count). The summed E-state index contributed by atoms with van der Waals surface area (Å²) >= 11 is 0. The van der Waals surface area contributed by atoms with Crippen LogP contribution in [0, 0.1) is 23.7 Å². The number of anilines is 3. The highest BCUT2D eigenvalue weighted by Crippen LogP contribution is 2.65. The average molecular weight is 829 g/mol. The molecule has 2 nitrogen and oxygen atoms in total. The molecule has 2 fully saturated rings. The van der Waals surface area contributed by atoms with Crippen LogP contribution in [0.2, 0.25) is 0 Å². The van der Waals surface area contributed by atoms with Crippen LogP contribution in [0.25, 0.3) is 49.7 Å². The van der Waals surface area contributed by atoms with Gasteiger partial charge in [-0.2, -0.15) is 0 Å². The second kappa shape index (κ2) is 15.0. The van der Waals surface area contributed by atoms with Gasteiger partial charge in [-0.3, -0.25) is 0 Å². The van der Waals surface area contributed by atoms with Crippen LogP contribution in [-0.2, 0) is 10.8 Å². The number of benzene rings is 8. The second-order valence-corrected chi connectivity index (χ2v) is 20.0. The summed E-state index contributed by atoms with van der Waals surface area (Å²) < 4.78 is 2.41. The maximum atomic E-state index is 2.59. The first kappa shape index (κ1) is 39.0. The molecule has 3 aliphatic rings. The van der Waals surface area contributed by atoms with Crippen LogP contribution < -0.4 is 4.90 Å². The highest BCUT2D eigenvalue weighted by Gasteiger charge is 2.59. The van der Waals surface area contributed by atoms with Crippen molar-refractivity contribution in [2.24, 2.45) is 23.7 Å². The van der Waals surface area contributed by atoms with Gasteiger partial charge in [0.25, 0.3) is 0 Å². The van der Waals surface area contributed by atoms with Gasteiger partial charge in [0.05, 0.1) is 11.0 Å². The van der Waals surface area contributed by atoms with Crippen molar-refractivity contribution in [3.63, 3.8) is 0 Å². The minimum atomic E-state index is -0.154. The molecule has 1 heterocycles. The molecular formula is C62H56N2. The molecule has 3 aliphatic carbocycles. The number of fused-ring (bicyclic) bond motifs is 5. The highest BCUT2D eigenvalue weighted by molar-refractivity contribution is 6.09. The quantitative estimate of drug-likeness (QED) is 0.162. The Morgan fingerprint density at radius 1 is 0.406 bits per heavy atom. The van der Waals surface area contributed by atoms with Crippen LogP contribution in [0.15, 0.2) is 194 Å². The molecule has 2 bridgehead atoms. The molecule has 1 spiro atoms. The number of para-hydroxylation sites is 2. The van der Waals surface area contributed by atoms with E-state index in [0.717, 1.165) is 23.2 Å². The van der Waals surface area contributed by atoms with Crippen molar-refractivity contribution >= 4 is 38.9 Å². The van der Waals surface area contributed by atoms with Gasteiger partial charge in [-0.05, 0) is 155 Å². The Balaban J connectivity index is 0.998. The maximum absolute atomic E-state index is 2.59. The monoisotopic (exact) mass is 828 g/mol. The highest BCUT2D eigenvalue weighted by atomic mass is 15.1. The summed E-state index contributed by atoms with van der Waals surface area (Å²) in [6, 6.07) is 72.9. The van der Waals surface area contributed by atoms with Gasteiger partial charge >= 0.3 is 0 Å². The summed E-state index contributed by atoms with van der Waals surface area (Å²) in [4.78, 5) is 2.50. The lowest BCUT2D eigenvalue weighted by Gasteiger charge is -2.61. The van der Waals surface area contributed by atoms with Gasteiger partial charge in [0.1, 0.15) is 0 Å². The third kappa shape index (κ3) is 5.98. The van der Waals surface area contributed by atoms with Crippen LogP contribution in [0.4, 0.5) is 17.1 Å². The van der Waals surface area contributed by atoms with E-state index in [9.17, 15) is 0 Å². The summed E-state index contributed by atoms with van der Waals surface area (Å²) in [6.45, 7) is 9.99. The summed E-state index contributed by atoms with van der Waals surface area (Å²) in [5, 5.41) is 2.56. The summed E-state index contributed by atoms with van der Waals surface area (Å²) in [5.74, 6) is 2.83. The fourth-order valence-corrected chi connectivity index (χ4v) is 13.2. The third-order valence-electron chi connectivity index (χ3n) is 15.8. The van der Waals surface area contributed by atoms with Gasteiger partial charge in [-0.15, -0.1) is 0 Å². The van der Waals surface area contributed by atoms with E-state index in [0.29, 0.717) is 11.8 Å². The van der Waals surface area contributed by atoms with Crippen LogP contribution >= 0.6 is 0 Å². The minimum Gasteiger partial charge on any atom is -0.310 e. The molecule has 0 N–H and O–H groups in total. The van der Waals surface area contributed by atoms with Crippen LogP contribution in [0.1, 0.15) is 75.6 Å². The van der Waals surface area contributed by atoms with Crippen LogP contribution in [0.5, 0.6) is 0 Å². The first-order valence-corrected chi connectivity index (χ1v) is 23.7. The molecule has 0 amide bonds. The lowest BCUT2D eigenvalue weighted by Crippen LogP contribution is -2.55. The molecular weight excluding hydrogens is 773 g/mol. The molecule has 2 saturated carbocycles. The molecule has 1 aromatic heterocycles. The van der Waals surface area contributed by atoms with Gasteiger partial charge in [0.2, 0.25) is 0 Å². The third-order valence-corrected chi connectivity index (χ3v) is 15.8. The van der Waals surface area contributed by atoms with Crippen molar-refractivity contribution in [2.45, 2.75) is 64.2 Å². The Labute approximate surface area is 378 Å². The van der Waals surface area contributed by atoms with Gasteiger partial charge in [0, 0.05) is 44.4 Å². The van der Waals surface area contributed by atoms with Gasteiger partial charge in [0.15, 0.2) is 0 Å². The van der Waals surface area contributed by atoms with E-state index in [1.54, 1.807) is 11.1 Å². The van der Waals surface area contributed by atoms with Crippen molar-refractivity contribution in [1.29, 1.82) is 0 Å². The molecule has 64 heavy (non-hydrogen) atoms. The Kier molecular flexibility index (Phi) is 9.13. The zero-order valence-corrected chi connectivity index (χ0v) is 37.5. The predicted molar refractivity (Wildman–Crippen MR) is 269 cm³/mol. The smallest absolute Gasteiger partial charge is 0.0541 e. The zero-order valence-electron chi connectivity index (χ0n) is 37.5. The van der Waals surface area contributed by atoms with Gasteiger partial charge in [-0.25, -0.2) is 0 Å². The average Bonchev–Trinajstić information content (AvgIpc) is 3.66. The summed E-state index contributed by atoms with van der Waals surface area (Å²) in [5.41, 5.74) is 18.1. The normalized spacial score (nSPS) is 22.0. The molecule has 0 unspecified atom stereocenters. The SMILES string of the molecule is CC1(C)c2ccccc2C2(c3ccc(N(c4ccc(-c5cccc(-n6c7ccccc7c7ccccc76)c5)cc4)c4cccc(-c5ccccc5)c4)cc31)[C@H]1C[C@@H](C)C[C@@H]2C[C@@H](C)C1. The molecule has 9 aromatic rings. The summed E-state index contributed by atoms with van der Waals surface area (Å²) in [7, 11) is 0. The number of rotatable bonds is 6. The standard InChI is InChI=1S/C62H56N2/c1-41-34-47-36-42(2)37-48(35-41)62(47)56-25-11-10-24-55(56)61(3,4)58-40-52(32-33-57(58)62)63(50-20-14-18-45(38-50)43-16-6-5-7-17-43)49-30-28-44(29-31-49)46-19-15-21-51(39-46)64-59-26-12-8-22-53(59)54-23-9-13-27-60(54)64/h5-33,38-42,47-48H,34-37H2,1-4H3/t41-,42+,47+,48-,62?.